The van der Waals surface area contributed by atoms with Gasteiger partial charge in [-0.3, -0.25) is 0 Å². The van der Waals surface area contributed by atoms with Gasteiger partial charge in [0.1, 0.15) is 0 Å². The van der Waals surface area contributed by atoms with Gasteiger partial charge in [-0.1, -0.05) is 140 Å². The smallest absolute Gasteiger partial charge is 0.0547 e. The lowest BCUT2D eigenvalue weighted by molar-refractivity contribution is 1.18. The van der Waals surface area contributed by atoms with Gasteiger partial charge in [0, 0.05) is 33.4 Å². The van der Waals surface area contributed by atoms with Crippen LogP contribution in [0.25, 0.3) is 60.9 Å². The number of nitrogens with one attached hydrogen (secondary N) is 1. The Bertz CT molecular complexity index is 2240. The van der Waals surface area contributed by atoms with E-state index in [1.54, 1.807) is 0 Å². The van der Waals surface area contributed by atoms with Crippen molar-refractivity contribution in [3.63, 3.8) is 0 Å². The molecule has 2 heteroatoms. The van der Waals surface area contributed by atoms with E-state index >= 15 is 0 Å². The van der Waals surface area contributed by atoms with Gasteiger partial charge in [-0.25, -0.2) is 0 Å². The van der Waals surface area contributed by atoms with Crippen LogP contribution in [0.5, 0.6) is 0 Å². The maximum absolute atomic E-state index is 3.77. The van der Waals surface area contributed by atoms with E-state index in [0.29, 0.717) is 0 Å². The van der Waals surface area contributed by atoms with Gasteiger partial charge in [0.05, 0.1) is 11.0 Å². The van der Waals surface area contributed by atoms with Crippen LogP contribution in [0.4, 0.5) is 11.4 Å². The molecular weight excluding hydrogens is 532 g/mol. The first kappa shape index (κ1) is 25.8. The van der Waals surface area contributed by atoms with Crippen LogP contribution in [-0.4, -0.2) is 4.57 Å². The summed E-state index contributed by atoms with van der Waals surface area (Å²) < 4.78 is 2.39. The van der Waals surface area contributed by atoms with Crippen molar-refractivity contribution in [2.75, 3.05) is 5.32 Å². The minimum Gasteiger partial charge on any atom is -0.355 e. The fourth-order valence-corrected chi connectivity index (χ4v) is 6.45. The van der Waals surface area contributed by atoms with Crippen LogP contribution in [0.2, 0.25) is 0 Å². The molecule has 1 heterocycles. The van der Waals surface area contributed by atoms with Crippen molar-refractivity contribution < 1.29 is 0 Å². The van der Waals surface area contributed by atoms with E-state index in [4.69, 9.17) is 0 Å². The molecule has 2 nitrogen and oxygen atoms in total. The highest BCUT2D eigenvalue weighted by atomic mass is 15.0. The summed E-state index contributed by atoms with van der Waals surface area (Å²) in [6.07, 6.45) is 0. The lowest BCUT2D eigenvalue weighted by Gasteiger charge is -2.17. The Morgan fingerprint density at radius 1 is 0.386 bits per heavy atom. The van der Waals surface area contributed by atoms with Crippen molar-refractivity contribution in [2.24, 2.45) is 0 Å². The number of rotatable bonds is 6. The monoisotopic (exact) mass is 562 g/mol. The number of benzene rings is 7. The Morgan fingerprint density at radius 2 is 0.955 bits per heavy atom. The van der Waals surface area contributed by atoms with E-state index in [0.717, 1.165) is 17.1 Å². The average molecular weight is 563 g/mol. The summed E-state index contributed by atoms with van der Waals surface area (Å²) in [6, 6.07) is 62.6. The molecule has 0 amide bonds. The molecule has 8 rings (SSSR count). The Morgan fingerprint density at radius 3 is 1.75 bits per heavy atom. The van der Waals surface area contributed by atoms with Gasteiger partial charge in [0.15, 0.2) is 0 Å². The predicted molar refractivity (Wildman–Crippen MR) is 187 cm³/mol. The summed E-state index contributed by atoms with van der Waals surface area (Å²) >= 11 is 0. The van der Waals surface area contributed by atoms with Crippen LogP contribution in [-0.2, 0) is 0 Å². The molecule has 1 N–H and O–H groups in total. The second-order valence-corrected chi connectivity index (χ2v) is 11.1. The summed E-state index contributed by atoms with van der Waals surface area (Å²) in [5.74, 6) is 0. The van der Waals surface area contributed by atoms with Crippen LogP contribution in [0.3, 0.4) is 0 Å². The SMILES string of the molecule is c1ccc(-c2ccccc2-c2ccccc2Nc2cccc(-n3c4ccccc4c4c(-c5ccccc5)cccc43)c2)cc1. The van der Waals surface area contributed by atoms with Gasteiger partial charge in [-0.2, -0.15) is 0 Å². The zero-order valence-corrected chi connectivity index (χ0v) is 24.2. The molecule has 0 fully saturated rings. The van der Waals surface area contributed by atoms with E-state index in [1.807, 2.05) is 0 Å². The normalized spacial score (nSPS) is 11.2. The third-order valence-corrected chi connectivity index (χ3v) is 8.39. The van der Waals surface area contributed by atoms with E-state index in [9.17, 15) is 0 Å². The van der Waals surface area contributed by atoms with Crippen LogP contribution in [0.1, 0.15) is 0 Å². The fraction of sp³-hybridized carbons (Fsp3) is 0. The van der Waals surface area contributed by atoms with Crippen LogP contribution < -0.4 is 5.32 Å². The minimum atomic E-state index is 1.04. The molecule has 0 aliphatic carbocycles. The zero-order chi connectivity index (χ0) is 29.3. The number of anilines is 2. The van der Waals surface area contributed by atoms with E-state index in [-0.39, 0.29) is 0 Å². The summed E-state index contributed by atoms with van der Waals surface area (Å²) in [7, 11) is 0. The van der Waals surface area contributed by atoms with Gasteiger partial charge in [0.2, 0.25) is 0 Å². The highest BCUT2D eigenvalue weighted by molar-refractivity contribution is 6.15. The third kappa shape index (κ3) is 4.54. The largest absolute Gasteiger partial charge is 0.355 e. The Balaban J connectivity index is 1.24. The average Bonchev–Trinajstić information content (AvgIpc) is 3.44. The number of hydrogen-bond donors (Lipinski definition) is 1. The Kier molecular flexibility index (Phi) is 6.51. The molecule has 0 saturated carbocycles. The van der Waals surface area contributed by atoms with E-state index < -0.39 is 0 Å². The number of fused-ring (bicyclic) bond motifs is 3. The van der Waals surface area contributed by atoms with Crippen LogP contribution in [0, 0.1) is 0 Å². The van der Waals surface area contributed by atoms with Crippen LogP contribution >= 0.6 is 0 Å². The molecule has 8 aromatic rings. The van der Waals surface area contributed by atoms with Crippen molar-refractivity contribution in [3.8, 4) is 39.1 Å². The number of aromatic nitrogens is 1. The van der Waals surface area contributed by atoms with Crippen molar-refractivity contribution >= 4 is 33.2 Å². The molecule has 0 unspecified atom stereocenters. The summed E-state index contributed by atoms with van der Waals surface area (Å²) in [4.78, 5) is 0. The van der Waals surface area contributed by atoms with Crippen molar-refractivity contribution in [1.82, 2.24) is 4.57 Å². The molecular formula is C42H30N2. The maximum atomic E-state index is 3.77. The summed E-state index contributed by atoms with van der Waals surface area (Å²) in [5.41, 5.74) is 12.9. The summed E-state index contributed by atoms with van der Waals surface area (Å²) in [5, 5.41) is 6.30. The van der Waals surface area contributed by atoms with Gasteiger partial charge in [0.25, 0.3) is 0 Å². The molecule has 0 radical (unpaired) electrons. The van der Waals surface area contributed by atoms with E-state index in [1.165, 1.54) is 55.2 Å². The molecule has 0 atom stereocenters. The molecule has 0 aliphatic rings. The minimum absolute atomic E-state index is 1.04. The standard InChI is InChI=1S/C42H30N2/c1-3-15-30(16-4-1)34-21-7-8-22-36(34)37-23-9-11-26-39(37)43-32-19-13-20-33(29-32)44-40-27-12-10-24-38(40)42-35(25-14-28-41(42)44)31-17-5-2-6-18-31/h1-29,43H. The Labute approximate surface area is 257 Å². The second kappa shape index (κ2) is 11.1. The van der Waals surface area contributed by atoms with Gasteiger partial charge < -0.3 is 9.88 Å². The molecule has 0 spiro atoms. The number of para-hydroxylation sites is 2. The predicted octanol–water partition coefficient (Wildman–Crippen LogP) is 11.5. The number of nitrogens with zero attached hydrogens (tertiary/aromatic N) is 1. The second-order valence-electron chi connectivity index (χ2n) is 11.1. The molecule has 208 valence electrons. The van der Waals surface area contributed by atoms with Gasteiger partial charge in [-0.05, 0) is 64.2 Å². The van der Waals surface area contributed by atoms with Crippen molar-refractivity contribution in [2.45, 2.75) is 0 Å². The fourth-order valence-electron chi connectivity index (χ4n) is 6.45. The van der Waals surface area contributed by atoms with Crippen molar-refractivity contribution in [3.05, 3.63) is 176 Å². The molecule has 1 aromatic heterocycles. The number of hydrogen-bond acceptors (Lipinski definition) is 1. The third-order valence-electron chi connectivity index (χ3n) is 8.39. The highest BCUT2D eigenvalue weighted by Gasteiger charge is 2.16. The first-order chi connectivity index (χ1) is 21.8. The molecule has 7 aromatic carbocycles. The topological polar surface area (TPSA) is 17.0 Å². The molecule has 44 heavy (non-hydrogen) atoms. The molecule has 0 bridgehead atoms. The van der Waals surface area contributed by atoms with Crippen LogP contribution in [0.15, 0.2) is 176 Å². The Hall–Kier alpha value is -5.86. The van der Waals surface area contributed by atoms with E-state index in [2.05, 4.69) is 186 Å². The lowest BCUT2D eigenvalue weighted by Crippen LogP contribution is -1.98. The van der Waals surface area contributed by atoms with Crippen molar-refractivity contribution in [1.29, 1.82) is 0 Å². The first-order valence-corrected chi connectivity index (χ1v) is 15.0. The summed E-state index contributed by atoms with van der Waals surface area (Å²) in [6.45, 7) is 0. The van der Waals surface area contributed by atoms with Gasteiger partial charge >= 0.3 is 0 Å². The molecule has 0 saturated heterocycles. The molecule has 0 aliphatic heterocycles. The first-order valence-electron chi connectivity index (χ1n) is 15.0. The maximum Gasteiger partial charge on any atom is 0.0547 e. The quantitative estimate of drug-likeness (QED) is 0.213. The highest BCUT2D eigenvalue weighted by Crippen LogP contribution is 2.40. The zero-order valence-electron chi connectivity index (χ0n) is 24.2. The van der Waals surface area contributed by atoms with Gasteiger partial charge in [-0.15, -0.1) is 0 Å². The lowest BCUT2D eigenvalue weighted by atomic mass is 9.93.